The zero-order valence-corrected chi connectivity index (χ0v) is 29.6. The maximum Gasteiger partial charge on any atom is 0.490 e. The van der Waals surface area contributed by atoms with E-state index in [2.05, 4.69) is 15.6 Å². The number of aliphatic hydroxyl groups is 2. The minimum atomic E-state index is -5.08. The number of hydrogen-bond donors (Lipinski definition) is 6. The molecule has 1 atom stereocenters. The molecule has 2 aromatic carbocycles. The number of amides is 2. The Hall–Kier alpha value is -5.28. The van der Waals surface area contributed by atoms with Gasteiger partial charge in [0.1, 0.15) is 5.60 Å². The third kappa shape index (κ3) is 13.7. The van der Waals surface area contributed by atoms with Gasteiger partial charge < -0.3 is 36.0 Å². The zero-order valence-electron chi connectivity index (χ0n) is 29.6. The standard InChI is InChI=1S/C32H35F3N4O4.2C2HF3O2/c33-32(34,35)24-6-3-5-21(16-24)30(42)37-18-29(41)39-15-12-26(19-39)38-25-10-13-31(43,14-11-25)28-9-8-22(17-36-28)27-7-2-1-4-23(27)20-40;2*3-2(4,5)1(6)7/h1-9,16-17,25-26,38,40,43H,10-15,18-20H2,(H,37,42);2*(H,6,7)/t25?,26-,31?;;/m0../s1. The predicted molar refractivity (Wildman–Crippen MR) is 181 cm³/mol. The number of aliphatic carboxylic acids is 2. The number of likely N-dealkylation sites (tertiary alicyclic amines) is 1. The number of halogens is 9. The van der Waals surface area contributed by atoms with E-state index in [0.29, 0.717) is 31.6 Å². The van der Waals surface area contributed by atoms with Crippen molar-refractivity contribution in [1.82, 2.24) is 20.5 Å². The van der Waals surface area contributed by atoms with Crippen LogP contribution in [0.15, 0.2) is 66.9 Å². The van der Waals surface area contributed by atoms with Crippen LogP contribution in [0.25, 0.3) is 11.1 Å². The molecule has 2 aliphatic rings. The summed E-state index contributed by atoms with van der Waals surface area (Å²) < 4.78 is 102. The van der Waals surface area contributed by atoms with E-state index < -0.39 is 47.5 Å². The average Bonchev–Trinajstić information content (AvgIpc) is 3.63. The highest BCUT2D eigenvalue weighted by molar-refractivity contribution is 5.96. The number of benzene rings is 2. The van der Waals surface area contributed by atoms with Crippen LogP contribution in [0.1, 0.15) is 59.3 Å². The monoisotopic (exact) mass is 824 g/mol. The molecule has 1 saturated heterocycles. The van der Waals surface area contributed by atoms with Crippen LogP contribution in [0.2, 0.25) is 0 Å². The number of carboxylic acid groups (broad SMARTS) is 2. The summed E-state index contributed by atoms with van der Waals surface area (Å²) in [6, 6.07) is 15.7. The van der Waals surface area contributed by atoms with Crippen LogP contribution in [0, 0.1) is 0 Å². The minimum Gasteiger partial charge on any atom is -0.475 e. The summed E-state index contributed by atoms with van der Waals surface area (Å²) in [4.78, 5) is 49.0. The molecule has 2 amide bonds. The Kier molecular flexibility index (Phi) is 15.6. The van der Waals surface area contributed by atoms with Crippen LogP contribution in [-0.2, 0) is 32.8 Å². The molecule has 0 bridgehead atoms. The van der Waals surface area contributed by atoms with Crippen molar-refractivity contribution in [3.63, 3.8) is 0 Å². The molecule has 2 fully saturated rings. The second kappa shape index (κ2) is 19.2. The van der Waals surface area contributed by atoms with Gasteiger partial charge in [-0.15, -0.1) is 0 Å². The first kappa shape index (κ1) is 46.1. The van der Waals surface area contributed by atoms with Gasteiger partial charge >= 0.3 is 30.5 Å². The average molecular weight is 825 g/mol. The lowest BCUT2D eigenvalue weighted by Crippen LogP contribution is -2.46. The topological polar surface area (TPSA) is 189 Å². The molecule has 5 rings (SSSR count). The smallest absolute Gasteiger partial charge is 0.475 e. The minimum absolute atomic E-state index is 0.0664. The number of alkyl halides is 9. The first-order valence-corrected chi connectivity index (χ1v) is 16.9. The predicted octanol–water partition coefficient (Wildman–Crippen LogP) is 5.28. The molecule has 0 spiro atoms. The Balaban J connectivity index is 0.000000531. The van der Waals surface area contributed by atoms with Gasteiger partial charge in [-0.25, -0.2) is 9.59 Å². The van der Waals surface area contributed by atoms with Gasteiger partial charge in [-0.1, -0.05) is 36.4 Å². The molecule has 1 aromatic heterocycles. The van der Waals surface area contributed by atoms with Gasteiger partial charge in [-0.3, -0.25) is 14.6 Å². The molecule has 57 heavy (non-hydrogen) atoms. The SMILES string of the molecule is O=C(NCC(=O)N1CC[C@H](NC2CCC(O)(c3ccc(-c4ccccc4CO)cn3)CC2)C1)c1cccc(C(F)(F)F)c1.O=C(O)C(F)(F)F.O=C(O)C(F)(F)F. The van der Waals surface area contributed by atoms with Gasteiger partial charge in [-0.2, -0.15) is 39.5 Å². The molecule has 21 heteroatoms. The quantitative estimate of drug-likeness (QED) is 0.163. The van der Waals surface area contributed by atoms with E-state index in [-0.39, 0.29) is 36.7 Å². The lowest BCUT2D eigenvalue weighted by atomic mass is 9.79. The zero-order chi connectivity index (χ0) is 42.8. The fourth-order valence-corrected chi connectivity index (χ4v) is 5.95. The maximum absolute atomic E-state index is 12.9. The Labute approximate surface area is 318 Å². The van der Waals surface area contributed by atoms with E-state index in [9.17, 15) is 59.3 Å². The molecule has 0 unspecified atom stereocenters. The fourth-order valence-electron chi connectivity index (χ4n) is 5.95. The molecule has 3 aromatic rings. The van der Waals surface area contributed by atoms with Crippen molar-refractivity contribution in [1.29, 1.82) is 0 Å². The number of carbonyl (C=O) groups excluding carboxylic acids is 2. The van der Waals surface area contributed by atoms with E-state index in [1.165, 1.54) is 6.07 Å². The van der Waals surface area contributed by atoms with Crippen LogP contribution >= 0.6 is 0 Å². The summed E-state index contributed by atoms with van der Waals surface area (Å²) in [6.45, 7) is 0.623. The summed E-state index contributed by atoms with van der Waals surface area (Å²) in [6.07, 6.45) is -9.68. The van der Waals surface area contributed by atoms with Crippen molar-refractivity contribution < 1.29 is 79.1 Å². The normalized spacial score (nSPS) is 19.7. The third-order valence-corrected chi connectivity index (χ3v) is 8.90. The van der Waals surface area contributed by atoms with Crippen molar-refractivity contribution in [3.8, 4) is 11.1 Å². The number of pyridine rings is 1. The van der Waals surface area contributed by atoms with E-state index in [1.54, 1.807) is 11.1 Å². The Morgan fingerprint density at radius 1 is 0.807 bits per heavy atom. The highest BCUT2D eigenvalue weighted by Gasteiger charge is 2.40. The number of hydrogen-bond acceptors (Lipinski definition) is 8. The number of nitrogens with one attached hydrogen (secondary N) is 2. The Bertz CT molecular complexity index is 1820. The van der Waals surface area contributed by atoms with Crippen molar-refractivity contribution >= 4 is 23.8 Å². The van der Waals surface area contributed by atoms with E-state index >= 15 is 0 Å². The van der Waals surface area contributed by atoms with Gasteiger partial charge in [0, 0.05) is 42.5 Å². The van der Waals surface area contributed by atoms with Gasteiger partial charge in [0.05, 0.1) is 24.4 Å². The number of carbonyl (C=O) groups is 4. The van der Waals surface area contributed by atoms with Crippen LogP contribution in [0.3, 0.4) is 0 Å². The molecule has 1 aliphatic carbocycles. The van der Waals surface area contributed by atoms with Crippen LogP contribution in [0.5, 0.6) is 0 Å². The summed E-state index contributed by atoms with van der Waals surface area (Å²) >= 11 is 0. The van der Waals surface area contributed by atoms with Gasteiger partial charge in [0.25, 0.3) is 5.91 Å². The first-order valence-electron chi connectivity index (χ1n) is 16.9. The molecule has 0 radical (unpaired) electrons. The van der Waals surface area contributed by atoms with Crippen molar-refractivity contribution in [2.45, 2.75) is 74.9 Å². The van der Waals surface area contributed by atoms with Gasteiger partial charge in [0.15, 0.2) is 0 Å². The van der Waals surface area contributed by atoms with Crippen molar-refractivity contribution in [2.75, 3.05) is 19.6 Å². The highest BCUT2D eigenvalue weighted by Crippen LogP contribution is 2.37. The maximum atomic E-state index is 12.9. The van der Waals surface area contributed by atoms with Crippen LogP contribution in [0.4, 0.5) is 39.5 Å². The second-order valence-corrected chi connectivity index (χ2v) is 12.9. The third-order valence-electron chi connectivity index (χ3n) is 8.90. The molecule has 1 saturated carbocycles. The molecule has 12 nitrogen and oxygen atoms in total. The van der Waals surface area contributed by atoms with Crippen LogP contribution in [-0.4, -0.2) is 98.1 Å². The molecular weight excluding hydrogens is 787 g/mol. The number of aromatic nitrogens is 1. The first-order chi connectivity index (χ1) is 26.4. The van der Waals surface area contributed by atoms with Crippen molar-refractivity contribution in [3.05, 3.63) is 89.2 Å². The summed E-state index contributed by atoms with van der Waals surface area (Å²) in [7, 11) is 0. The summed E-state index contributed by atoms with van der Waals surface area (Å²) in [5, 5.41) is 41.3. The molecule has 2 heterocycles. The van der Waals surface area contributed by atoms with E-state index in [4.69, 9.17) is 19.8 Å². The molecule has 312 valence electrons. The fraction of sp³-hybridized carbons (Fsp3) is 0.417. The van der Waals surface area contributed by atoms with Gasteiger partial charge in [0.2, 0.25) is 5.91 Å². The van der Waals surface area contributed by atoms with E-state index in [0.717, 1.165) is 54.2 Å². The lowest BCUT2D eigenvalue weighted by molar-refractivity contribution is -0.193. The van der Waals surface area contributed by atoms with Crippen molar-refractivity contribution in [2.24, 2.45) is 0 Å². The number of rotatable bonds is 8. The lowest BCUT2D eigenvalue weighted by Gasteiger charge is -2.37. The Morgan fingerprint density at radius 3 is 1.93 bits per heavy atom. The van der Waals surface area contributed by atoms with Gasteiger partial charge in [-0.05, 0) is 67.5 Å². The van der Waals surface area contributed by atoms with E-state index in [1.807, 2.05) is 36.4 Å². The largest absolute Gasteiger partial charge is 0.490 e. The molecule has 1 aliphatic heterocycles. The number of nitrogens with zero attached hydrogens (tertiary/aromatic N) is 2. The second-order valence-electron chi connectivity index (χ2n) is 12.9. The highest BCUT2D eigenvalue weighted by atomic mass is 19.4. The number of aliphatic hydroxyl groups excluding tert-OH is 1. The van der Waals surface area contributed by atoms with Crippen LogP contribution < -0.4 is 10.6 Å². The molecule has 6 N–H and O–H groups in total. The Morgan fingerprint density at radius 2 is 1.40 bits per heavy atom. The number of carboxylic acids is 2. The summed E-state index contributed by atoms with van der Waals surface area (Å²) in [5.41, 5.74) is 1.13. The molecular formula is C36H37F9N4O8. The summed E-state index contributed by atoms with van der Waals surface area (Å²) in [5.74, 6) is -6.54.